The largest absolute Gasteiger partial charge is 0.314 e. The Morgan fingerprint density at radius 3 is 2.00 bits per heavy atom. The number of rotatable bonds is 5. The molecule has 4 heteroatoms. The molecule has 2 nitrogen and oxygen atoms in total. The second-order valence-corrected chi connectivity index (χ2v) is 5.12. The van der Waals surface area contributed by atoms with E-state index < -0.39 is 5.92 Å². The Kier molecular flexibility index (Phi) is 4.95. The van der Waals surface area contributed by atoms with E-state index in [1.54, 1.807) is 11.9 Å². The van der Waals surface area contributed by atoms with Crippen molar-refractivity contribution in [1.29, 1.82) is 0 Å². The summed E-state index contributed by atoms with van der Waals surface area (Å²) in [6.07, 6.45) is 0. The van der Waals surface area contributed by atoms with Crippen LogP contribution in [0.5, 0.6) is 0 Å². The van der Waals surface area contributed by atoms with Gasteiger partial charge in [-0.25, -0.2) is 8.78 Å². The van der Waals surface area contributed by atoms with Crippen LogP contribution in [0.2, 0.25) is 0 Å². The van der Waals surface area contributed by atoms with Gasteiger partial charge in [-0.3, -0.25) is 0 Å². The Balaban J connectivity index is 3.98. The van der Waals surface area contributed by atoms with E-state index in [1.165, 1.54) is 7.05 Å². The maximum Gasteiger partial charge on any atom is 0.272 e. The first-order valence-electron chi connectivity index (χ1n) is 4.87. The van der Waals surface area contributed by atoms with E-state index in [4.69, 9.17) is 0 Å². The monoisotopic (exact) mass is 208 g/mol. The van der Waals surface area contributed by atoms with Crippen molar-refractivity contribution in [3.8, 4) is 0 Å². The van der Waals surface area contributed by atoms with Crippen LogP contribution in [0, 0.1) is 5.41 Å². The molecule has 1 N–H and O–H groups in total. The molecule has 0 aromatic heterocycles. The molecule has 0 saturated carbocycles. The lowest BCUT2D eigenvalue weighted by Crippen LogP contribution is -2.43. The minimum atomic E-state index is -2.64. The molecule has 86 valence electrons. The number of hydrogen-bond acceptors (Lipinski definition) is 2. The molecule has 0 heterocycles. The van der Waals surface area contributed by atoms with Gasteiger partial charge in [0, 0.05) is 6.54 Å². The van der Waals surface area contributed by atoms with Gasteiger partial charge in [0.1, 0.15) is 0 Å². The molecule has 0 aliphatic carbocycles. The second-order valence-electron chi connectivity index (χ2n) is 5.12. The molecule has 14 heavy (non-hydrogen) atoms. The van der Waals surface area contributed by atoms with Crippen LogP contribution in [-0.2, 0) is 0 Å². The van der Waals surface area contributed by atoms with Gasteiger partial charge in [0.2, 0.25) is 0 Å². The summed E-state index contributed by atoms with van der Waals surface area (Å²) in [5.74, 6) is -2.64. The van der Waals surface area contributed by atoms with E-state index in [-0.39, 0.29) is 18.5 Å². The predicted molar refractivity (Wildman–Crippen MR) is 55.8 cm³/mol. The van der Waals surface area contributed by atoms with Crippen LogP contribution < -0.4 is 5.32 Å². The van der Waals surface area contributed by atoms with E-state index >= 15 is 0 Å². The van der Waals surface area contributed by atoms with Crippen LogP contribution in [0.25, 0.3) is 0 Å². The fraction of sp³-hybridized carbons (Fsp3) is 1.00. The van der Waals surface area contributed by atoms with Crippen molar-refractivity contribution in [2.45, 2.75) is 26.7 Å². The molecule has 0 radical (unpaired) electrons. The van der Waals surface area contributed by atoms with Gasteiger partial charge in [-0.1, -0.05) is 20.8 Å². The van der Waals surface area contributed by atoms with Gasteiger partial charge in [-0.2, -0.15) is 0 Å². The molecular formula is C10H22F2N2. The van der Waals surface area contributed by atoms with Crippen LogP contribution >= 0.6 is 0 Å². The Morgan fingerprint density at radius 1 is 1.14 bits per heavy atom. The highest BCUT2D eigenvalue weighted by Gasteiger charge is 2.30. The van der Waals surface area contributed by atoms with Crippen LogP contribution in [0.15, 0.2) is 0 Å². The predicted octanol–water partition coefficient (Wildman–Crippen LogP) is 1.82. The molecular weight excluding hydrogens is 186 g/mol. The van der Waals surface area contributed by atoms with Crippen molar-refractivity contribution >= 4 is 0 Å². The molecule has 0 rings (SSSR count). The third-order valence-electron chi connectivity index (χ3n) is 1.68. The van der Waals surface area contributed by atoms with Crippen molar-refractivity contribution in [1.82, 2.24) is 10.2 Å². The smallest absolute Gasteiger partial charge is 0.272 e. The summed E-state index contributed by atoms with van der Waals surface area (Å²) in [6, 6.07) is 0. The molecule has 0 aliphatic rings. The maximum atomic E-state index is 13.1. The SMILES string of the molecule is CNCC(F)(F)CN(C)CC(C)(C)C. The molecule has 0 amide bonds. The first-order chi connectivity index (χ1) is 6.16. The fourth-order valence-corrected chi connectivity index (χ4v) is 1.58. The zero-order chi connectivity index (χ0) is 11.4. The van der Waals surface area contributed by atoms with Gasteiger partial charge >= 0.3 is 0 Å². The van der Waals surface area contributed by atoms with Gasteiger partial charge < -0.3 is 10.2 Å². The zero-order valence-corrected chi connectivity index (χ0v) is 9.82. The lowest BCUT2D eigenvalue weighted by molar-refractivity contribution is -0.0285. The molecule has 0 unspecified atom stereocenters. The number of halogens is 2. The average molecular weight is 208 g/mol. The quantitative estimate of drug-likeness (QED) is 0.741. The van der Waals surface area contributed by atoms with E-state index in [2.05, 4.69) is 5.32 Å². The number of hydrogen-bond donors (Lipinski definition) is 1. The molecule has 0 aromatic carbocycles. The third-order valence-corrected chi connectivity index (χ3v) is 1.68. The van der Waals surface area contributed by atoms with Crippen molar-refractivity contribution < 1.29 is 8.78 Å². The van der Waals surface area contributed by atoms with E-state index in [9.17, 15) is 8.78 Å². The molecule has 0 aromatic rings. The van der Waals surface area contributed by atoms with Crippen LogP contribution in [0.3, 0.4) is 0 Å². The minimum absolute atomic E-state index is 0.0600. The molecule has 0 bridgehead atoms. The highest BCUT2D eigenvalue weighted by molar-refractivity contribution is 4.75. The zero-order valence-electron chi connectivity index (χ0n) is 9.82. The molecule has 0 aliphatic heterocycles. The molecule has 0 spiro atoms. The fourth-order valence-electron chi connectivity index (χ4n) is 1.58. The van der Waals surface area contributed by atoms with E-state index in [1.807, 2.05) is 20.8 Å². The minimum Gasteiger partial charge on any atom is -0.314 e. The summed E-state index contributed by atoms with van der Waals surface area (Å²) in [5.41, 5.74) is 0.0600. The first-order valence-corrected chi connectivity index (χ1v) is 4.87. The second kappa shape index (κ2) is 5.03. The number of alkyl halides is 2. The van der Waals surface area contributed by atoms with Gasteiger partial charge in [-0.15, -0.1) is 0 Å². The third kappa shape index (κ3) is 7.21. The number of nitrogens with zero attached hydrogens (tertiary/aromatic N) is 1. The molecule has 0 fully saturated rings. The topological polar surface area (TPSA) is 15.3 Å². The summed E-state index contributed by atoms with van der Waals surface area (Å²) >= 11 is 0. The Morgan fingerprint density at radius 2 is 1.64 bits per heavy atom. The summed E-state index contributed by atoms with van der Waals surface area (Å²) in [5, 5.41) is 2.50. The van der Waals surface area contributed by atoms with Crippen molar-refractivity contribution in [3.63, 3.8) is 0 Å². The Labute approximate surface area is 85.7 Å². The van der Waals surface area contributed by atoms with Gasteiger partial charge in [0.05, 0.1) is 13.1 Å². The lowest BCUT2D eigenvalue weighted by Gasteiger charge is -2.29. The summed E-state index contributed by atoms with van der Waals surface area (Å²) < 4.78 is 26.3. The van der Waals surface area contributed by atoms with Gasteiger partial charge in [0.25, 0.3) is 5.92 Å². The standard InChI is InChI=1S/C10H22F2N2/c1-9(2,3)7-14(5)8-10(11,12)6-13-4/h13H,6-8H2,1-5H3. The van der Waals surface area contributed by atoms with Gasteiger partial charge in [0.15, 0.2) is 0 Å². The maximum absolute atomic E-state index is 13.1. The van der Waals surface area contributed by atoms with Crippen LogP contribution in [0.4, 0.5) is 8.78 Å². The summed E-state index contributed by atoms with van der Waals surface area (Å²) in [7, 11) is 3.27. The average Bonchev–Trinajstić information content (AvgIpc) is 1.78. The Bertz CT molecular complexity index is 164. The van der Waals surface area contributed by atoms with Crippen LogP contribution in [-0.4, -0.2) is 44.6 Å². The summed E-state index contributed by atoms with van der Waals surface area (Å²) in [6.45, 7) is 6.35. The highest BCUT2D eigenvalue weighted by Crippen LogP contribution is 2.18. The molecule has 0 saturated heterocycles. The van der Waals surface area contributed by atoms with E-state index in [0.717, 1.165) is 0 Å². The lowest BCUT2D eigenvalue weighted by atomic mass is 9.96. The number of nitrogens with one attached hydrogen (secondary N) is 1. The van der Waals surface area contributed by atoms with Crippen LogP contribution in [0.1, 0.15) is 20.8 Å². The highest BCUT2D eigenvalue weighted by atomic mass is 19.3. The van der Waals surface area contributed by atoms with Crippen molar-refractivity contribution in [2.75, 3.05) is 33.7 Å². The van der Waals surface area contributed by atoms with Crippen molar-refractivity contribution in [3.05, 3.63) is 0 Å². The molecule has 0 atom stereocenters. The van der Waals surface area contributed by atoms with Crippen molar-refractivity contribution in [2.24, 2.45) is 5.41 Å². The normalized spacial score (nSPS) is 13.7. The van der Waals surface area contributed by atoms with E-state index in [0.29, 0.717) is 6.54 Å². The van der Waals surface area contributed by atoms with Gasteiger partial charge in [-0.05, 0) is 19.5 Å². The Hall–Kier alpha value is -0.220. The summed E-state index contributed by atoms with van der Waals surface area (Å²) in [4.78, 5) is 1.68. The first kappa shape index (κ1) is 13.8.